The van der Waals surface area contributed by atoms with Crippen molar-refractivity contribution in [3.05, 3.63) is 29.3 Å². The van der Waals surface area contributed by atoms with Gasteiger partial charge in [-0.2, -0.15) is 0 Å². The van der Waals surface area contributed by atoms with E-state index in [9.17, 15) is 4.21 Å². The van der Waals surface area contributed by atoms with Gasteiger partial charge in [-0.05, 0) is 36.1 Å². The molecule has 1 aromatic rings. The first-order chi connectivity index (χ1) is 7.57. The predicted molar refractivity (Wildman–Crippen MR) is 68.6 cm³/mol. The fraction of sp³-hybridized carbons (Fsp3) is 0.500. The Balaban J connectivity index is 2.40. The minimum Gasteiger partial charge on any atom is -0.399 e. The summed E-state index contributed by atoms with van der Waals surface area (Å²) in [6.45, 7) is 0.667. The van der Waals surface area contributed by atoms with Gasteiger partial charge in [0.2, 0.25) is 0 Å². The second-order valence-corrected chi connectivity index (χ2v) is 6.05. The highest BCUT2D eigenvalue weighted by Gasteiger charge is 2.44. The summed E-state index contributed by atoms with van der Waals surface area (Å²) in [5, 5.41) is 0. The Morgan fingerprint density at radius 3 is 2.62 bits per heavy atom. The Bertz CT molecular complexity index is 427. The Morgan fingerprint density at radius 2 is 2.12 bits per heavy atom. The molecule has 1 saturated carbocycles. The van der Waals surface area contributed by atoms with Crippen molar-refractivity contribution in [2.45, 2.75) is 24.0 Å². The second-order valence-electron chi connectivity index (χ2n) is 4.62. The summed E-state index contributed by atoms with van der Waals surface area (Å²) in [5.41, 5.74) is 14.8. The molecule has 0 spiro atoms. The second kappa shape index (κ2) is 4.18. The third-order valence-corrected chi connectivity index (χ3v) is 4.02. The molecule has 88 valence electrons. The number of benzene rings is 1. The zero-order valence-corrected chi connectivity index (χ0v) is 10.3. The van der Waals surface area contributed by atoms with Crippen LogP contribution in [0.15, 0.2) is 18.2 Å². The first-order valence-electron chi connectivity index (χ1n) is 5.46. The summed E-state index contributed by atoms with van der Waals surface area (Å²) in [6.07, 6.45) is 3.99. The zero-order valence-electron chi connectivity index (χ0n) is 9.53. The molecule has 3 nitrogen and oxygen atoms in total. The number of nitrogens with two attached hydrogens (primary N) is 2. The Morgan fingerprint density at radius 1 is 1.44 bits per heavy atom. The molecule has 0 radical (unpaired) electrons. The zero-order chi connectivity index (χ0) is 11.8. The third kappa shape index (κ3) is 2.13. The van der Waals surface area contributed by atoms with E-state index in [-0.39, 0.29) is 5.41 Å². The van der Waals surface area contributed by atoms with Gasteiger partial charge in [0.15, 0.2) is 0 Å². The monoisotopic (exact) mass is 238 g/mol. The standard InChI is InChI=1S/C12H18N2OS/c1-16(15)7-9-6-10(14)2-3-11(9)12(8-13)4-5-12/h2-3,6H,4-5,7-8,13-14H2,1H3. The van der Waals surface area contributed by atoms with E-state index in [4.69, 9.17) is 11.5 Å². The highest BCUT2D eigenvalue weighted by molar-refractivity contribution is 7.83. The minimum atomic E-state index is -0.840. The molecule has 1 aliphatic carbocycles. The lowest BCUT2D eigenvalue weighted by atomic mass is 9.91. The van der Waals surface area contributed by atoms with Crippen LogP contribution in [0, 0.1) is 0 Å². The van der Waals surface area contributed by atoms with Crippen LogP contribution in [0.4, 0.5) is 5.69 Å². The van der Waals surface area contributed by atoms with Crippen LogP contribution in [-0.4, -0.2) is 17.0 Å². The van der Waals surface area contributed by atoms with Gasteiger partial charge < -0.3 is 11.5 Å². The lowest BCUT2D eigenvalue weighted by molar-refractivity contribution is 0.682. The van der Waals surface area contributed by atoms with Gasteiger partial charge in [-0.1, -0.05) is 6.07 Å². The summed E-state index contributed by atoms with van der Waals surface area (Å²) < 4.78 is 11.4. The van der Waals surface area contributed by atoms with Crippen LogP contribution in [0.3, 0.4) is 0 Å². The molecule has 0 saturated heterocycles. The van der Waals surface area contributed by atoms with Gasteiger partial charge in [-0.3, -0.25) is 4.21 Å². The largest absolute Gasteiger partial charge is 0.399 e. The normalized spacial score (nSPS) is 19.4. The molecule has 4 N–H and O–H groups in total. The predicted octanol–water partition coefficient (Wildman–Crippen LogP) is 1.14. The maximum atomic E-state index is 11.4. The molecule has 0 heterocycles. The van der Waals surface area contributed by atoms with Gasteiger partial charge in [-0.25, -0.2) is 0 Å². The Hall–Kier alpha value is -0.870. The number of hydrogen-bond acceptors (Lipinski definition) is 3. The smallest absolute Gasteiger partial charge is 0.0486 e. The third-order valence-electron chi connectivity index (χ3n) is 3.30. The van der Waals surface area contributed by atoms with Gasteiger partial charge in [0.05, 0.1) is 0 Å². The first-order valence-corrected chi connectivity index (χ1v) is 7.19. The van der Waals surface area contributed by atoms with E-state index in [1.807, 2.05) is 12.1 Å². The summed E-state index contributed by atoms with van der Waals surface area (Å²) in [5.74, 6) is 0.572. The van der Waals surface area contributed by atoms with Gasteiger partial charge in [-0.15, -0.1) is 0 Å². The molecule has 0 bridgehead atoms. The van der Waals surface area contributed by atoms with E-state index in [0.717, 1.165) is 24.1 Å². The van der Waals surface area contributed by atoms with Crippen molar-refractivity contribution >= 4 is 16.5 Å². The average Bonchev–Trinajstić information content (AvgIpc) is 2.97. The molecule has 16 heavy (non-hydrogen) atoms. The lowest BCUT2D eigenvalue weighted by Crippen LogP contribution is -2.21. The molecule has 2 rings (SSSR count). The van der Waals surface area contributed by atoms with Gasteiger partial charge >= 0.3 is 0 Å². The van der Waals surface area contributed by atoms with E-state index in [1.165, 1.54) is 5.56 Å². The summed E-state index contributed by atoms with van der Waals surface area (Å²) in [4.78, 5) is 0. The van der Waals surface area contributed by atoms with E-state index in [0.29, 0.717) is 12.3 Å². The molecular formula is C12H18N2OS. The molecule has 1 fully saturated rings. The van der Waals surface area contributed by atoms with Crippen molar-refractivity contribution in [3.63, 3.8) is 0 Å². The van der Waals surface area contributed by atoms with Crippen molar-refractivity contribution < 1.29 is 4.21 Å². The van der Waals surface area contributed by atoms with Gasteiger partial charge in [0.1, 0.15) is 0 Å². The lowest BCUT2D eigenvalue weighted by Gasteiger charge is -2.17. The van der Waals surface area contributed by atoms with Crippen LogP contribution in [-0.2, 0) is 22.0 Å². The van der Waals surface area contributed by atoms with E-state index in [1.54, 1.807) is 6.26 Å². The molecule has 0 aromatic heterocycles. The SMILES string of the molecule is CS(=O)Cc1cc(N)ccc1C1(CN)CC1. The summed E-state index contributed by atoms with van der Waals surface area (Å²) in [7, 11) is -0.840. The highest BCUT2D eigenvalue weighted by Crippen LogP contribution is 2.48. The number of hydrogen-bond donors (Lipinski definition) is 2. The Labute approximate surface area is 98.7 Å². The molecule has 1 unspecified atom stereocenters. The minimum absolute atomic E-state index is 0.141. The highest BCUT2D eigenvalue weighted by atomic mass is 32.2. The van der Waals surface area contributed by atoms with Gasteiger partial charge in [0.25, 0.3) is 0 Å². The van der Waals surface area contributed by atoms with Gasteiger partial charge in [0, 0.05) is 40.5 Å². The van der Waals surface area contributed by atoms with Crippen LogP contribution in [0.2, 0.25) is 0 Å². The molecule has 1 atom stereocenters. The van der Waals surface area contributed by atoms with E-state index >= 15 is 0 Å². The average molecular weight is 238 g/mol. The number of anilines is 1. The fourth-order valence-corrected chi connectivity index (χ4v) is 2.88. The van der Waals surface area contributed by atoms with Crippen LogP contribution < -0.4 is 11.5 Å². The maximum Gasteiger partial charge on any atom is 0.0486 e. The van der Waals surface area contributed by atoms with Crippen LogP contribution in [0.1, 0.15) is 24.0 Å². The number of rotatable bonds is 4. The first kappa shape index (κ1) is 11.6. The maximum absolute atomic E-state index is 11.4. The van der Waals surface area contributed by atoms with Crippen molar-refractivity contribution in [2.24, 2.45) is 5.73 Å². The van der Waals surface area contributed by atoms with E-state index < -0.39 is 10.8 Å². The van der Waals surface area contributed by atoms with Crippen molar-refractivity contribution in [2.75, 3.05) is 18.5 Å². The molecular weight excluding hydrogens is 220 g/mol. The van der Waals surface area contributed by atoms with Crippen molar-refractivity contribution in [1.29, 1.82) is 0 Å². The molecule has 1 aromatic carbocycles. The fourth-order valence-electron chi connectivity index (χ4n) is 2.20. The van der Waals surface area contributed by atoms with Crippen LogP contribution >= 0.6 is 0 Å². The molecule has 0 amide bonds. The van der Waals surface area contributed by atoms with Crippen LogP contribution in [0.5, 0.6) is 0 Å². The molecule has 4 heteroatoms. The Kier molecular flexibility index (Phi) is 3.04. The van der Waals surface area contributed by atoms with Crippen molar-refractivity contribution in [1.82, 2.24) is 0 Å². The van der Waals surface area contributed by atoms with E-state index in [2.05, 4.69) is 6.07 Å². The summed E-state index contributed by atoms with van der Waals surface area (Å²) >= 11 is 0. The molecule has 1 aliphatic rings. The van der Waals surface area contributed by atoms with Crippen LogP contribution in [0.25, 0.3) is 0 Å². The summed E-state index contributed by atoms with van der Waals surface area (Å²) in [6, 6.07) is 5.90. The number of nitrogen functional groups attached to an aromatic ring is 1. The topological polar surface area (TPSA) is 69.1 Å². The van der Waals surface area contributed by atoms with Crippen molar-refractivity contribution in [3.8, 4) is 0 Å². The quantitative estimate of drug-likeness (QED) is 0.773. The molecule has 0 aliphatic heterocycles.